The van der Waals surface area contributed by atoms with E-state index in [1.807, 2.05) is 0 Å². The molecule has 1 unspecified atom stereocenters. The molecule has 0 bridgehead atoms. The average molecular weight is 262 g/mol. The molecule has 3 heteroatoms. The number of aliphatic hydroxyl groups is 1. The first kappa shape index (κ1) is 12.2. The molecular formula is C15H18O2S. The van der Waals surface area contributed by atoms with Crippen LogP contribution in [0.4, 0.5) is 0 Å². The zero-order valence-electron chi connectivity index (χ0n) is 10.4. The standard InChI is InChI=1S/C15H18O2S/c16-10-15(6-3-7-17-11-15)8-12-9-18-14-5-2-1-4-13(12)14/h1-2,4-5,9,16H,3,6-8,10-11H2. The third-order valence-corrected chi connectivity index (χ3v) is 4.88. The highest BCUT2D eigenvalue weighted by Gasteiger charge is 2.33. The number of ether oxygens (including phenoxy) is 1. The van der Waals surface area contributed by atoms with Crippen LogP contribution >= 0.6 is 11.3 Å². The molecule has 0 aliphatic carbocycles. The molecule has 1 aromatic carbocycles. The molecule has 0 spiro atoms. The van der Waals surface area contributed by atoms with Crippen LogP contribution in [0.3, 0.4) is 0 Å². The van der Waals surface area contributed by atoms with Crippen LogP contribution in [0.5, 0.6) is 0 Å². The Kier molecular flexibility index (Phi) is 3.37. The van der Waals surface area contributed by atoms with E-state index in [-0.39, 0.29) is 12.0 Å². The summed E-state index contributed by atoms with van der Waals surface area (Å²) < 4.78 is 6.91. The van der Waals surface area contributed by atoms with Gasteiger partial charge < -0.3 is 9.84 Å². The van der Waals surface area contributed by atoms with Crippen LogP contribution < -0.4 is 0 Å². The van der Waals surface area contributed by atoms with E-state index in [1.165, 1.54) is 15.6 Å². The lowest BCUT2D eigenvalue weighted by Crippen LogP contribution is -2.37. The zero-order chi connectivity index (χ0) is 12.4. The second kappa shape index (κ2) is 5.00. The Morgan fingerprint density at radius 3 is 3.00 bits per heavy atom. The first-order valence-corrected chi connectivity index (χ1v) is 7.35. The predicted molar refractivity (Wildman–Crippen MR) is 75.1 cm³/mol. The summed E-state index contributed by atoms with van der Waals surface area (Å²) in [6.45, 7) is 1.75. The summed E-state index contributed by atoms with van der Waals surface area (Å²) in [5.41, 5.74) is 1.29. The number of thiophene rings is 1. The second-order valence-corrected chi connectivity index (χ2v) is 6.16. The highest BCUT2D eigenvalue weighted by atomic mass is 32.1. The van der Waals surface area contributed by atoms with Crippen LogP contribution in [-0.4, -0.2) is 24.9 Å². The maximum absolute atomic E-state index is 9.74. The minimum absolute atomic E-state index is 0.0674. The number of aliphatic hydroxyl groups excluding tert-OH is 1. The molecule has 1 aliphatic rings. The lowest BCUT2D eigenvalue weighted by atomic mass is 9.78. The topological polar surface area (TPSA) is 29.5 Å². The molecule has 0 amide bonds. The highest BCUT2D eigenvalue weighted by Crippen LogP contribution is 2.36. The van der Waals surface area contributed by atoms with Crippen molar-refractivity contribution < 1.29 is 9.84 Å². The lowest BCUT2D eigenvalue weighted by molar-refractivity contribution is -0.0376. The van der Waals surface area contributed by atoms with Crippen molar-refractivity contribution in [3.63, 3.8) is 0 Å². The molecule has 1 saturated heterocycles. The summed E-state index contributed by atoms with van der Waals surface area (Å²) in [6.07, 6.45) is 3.05. The van der Waals surface area contributed by atoms with E-state index in [4.69, 9.17) is 4.74 Å². The lowest BCUT2D eigenvalue weighted by Gasteiger charge is -2.35. The van der Waals surface area contributed by atoms with Crippen LogP contribution in [0.25, 0.3) is 10.1 Å². The summed E-state index contributed by atoms with van der Waals surface area (Å²) in [4.78, 5) is 0. The number of benzene rings is 1. The molecule has 2 nitrogen and oxygen atoms in total. The van der Waals surface area contributed by atoms with Crippen molar-refractivity contribution in [2.75, 3.05) is 19.8 Å². The molecule has 2 heterocycles. The number of rotatable bonds is 3. The Balaban J connectivity index is 1.90. The molecule has 0 saturated carbocycles. The van der Waals surface area contributed by atoms with Gasteiger partial charge in [-0.25, -0.2) is 0 Å². The summed E-state index contributed by atoms with van der Waals surface area (Å²) in [5.74, 6) is 0. The van der Waals surface area contributed by atoms with E-state index >= 15 is 0 Å². The minimum atomic E-state index is -0.0674. The highest BCUT2D eigenvalue weighted by molar-refractivity contribution is 7.17. The third-order valence-electron chi connectivity index (χ3n) is 3.87. The monoisotopic (exact) mass is 262 g/mol. The number of hydrogen-bond acceptors (Lipinski definition) is 3. The van der Waals surface area contributed by atoms with Gasteiger partial charge in [0.25, 0.3) is 0 Å². The second-order valence-electron chi connectivity index (χ2n) is 5.25. The number of fused-ring (bicyclic) bond motifs is 1. The van der Waals surface area contributed by atoms with Crippen molar-refractivity contribution in [1.29, 1.82) is 0 Å². The van der Waals surface area contributed by atoms with Crippen LogP contribution in [0.1, 0.15) is 18.4 Å². The third kappa shape index (κ3) is 2.18. The van der Waals surface area contributed by atoms with Crippen LogP contribution in [0.15, 0.2) is 29.6 Å². The molecule has 0 radical (unpaired) electrons. The van der Waals surface area contributed by atoms with E-state index < -0.39 is 0 Å². The van der Waals surface area contributed by atoms with Gasteiger partial charge in [-0.3, -0.25) is 0 Å². The van der Waals surface area contributed by atoms with Gasteiger partial charge in [-0.05, 0) is 41.7 Å². The maximum Gasteiger partial charge on any atom is 0.0547 e. The SMILES string of the molecule is OCC1(Cc2csc3ccccc23)CCCOC1. The van der Waals surface area contributed by atoms with Gasteiger partial charge in [-0.15, -0.1) is 11.3 Å². The van der Waals surface area contributed by atoms with Gasteiger partial charge in [0, 0.05) is 16.7 Å². The molecule has 1 N–H and O–H groups in total. The summed E-state index contributed by atoms with van der Waals surface area (Å²) in [6, 6.07) is 8.50. The minimum Gasteiger partial charge on any atom is -0.396 e. The zero-order valence-corrected chi connectivity index (χ0v) is 11.2. The fourth-order valence-corrected chi connectivity index (χ4v) is 3.77. The average Bonchev–Trinajstić information content (AvgIpc) is 2.83. The van der Waals surface area contributed by atoms with Crippen molar-refractivity contribution in [3.8, 4) is 0 Å². The van der Waals surface area contributed by atoms with E-state index in [0.717, 1.165) is 25.9 Å². The predicted octanol–water partition coefficient (Wildman–Crippen LogP) is 3.23. The van der Waals surface area contributed by atoms with Crippen molar-refractivity contribution in [2.24, 2.45) is 5.41 Å². The van der Waals surface area contributed by atoms with Crippen molar-refractivity contribution >= 4 is 21.4 Å². The molecule has 3 rings (SSSR count). The molecule has 1 aromatic heterocycles. The van der Waals surface area contributed by atoms with Gasteiger partial charge in [0.05, 0.1) is 13.2 Å². The molecule has 96 valence electrons. The Hall–Kier alpha value is -0.900. The molecule has 1 aliphatic heterocycles. The summed E-state index contributed by atoms with van der Waals surface area (Å²) in [5, 5.41) is 13.3. The molecule has 1 atom stereocenters. The van der Waals surface area contributed by atoms with Crippen molar-refractivity contribution in [3.05, 3.63) is 35.2 Å². The fraction of sp³-hybridized carbons (Fsp3) is 0.467. The first-order valence-electron chi connectivity index (χ1n) is 6.47. The summed E-state index contributed by atoms with van der Waals surface area (Å²) in [7, 11) is 0. The van der Waals surface area contributed by atoms with E-state index in [2.05, 4.69) is 29.6 Å². The van der Waals surface area contributed by atoms with E-state index in [0.29, 0.717) is 6.61 Å². The smallest absolute Gasteiger partial charge is 0.0547 e. The molecule has 18 heavy (non-hydrogen) atoms. The van der Waals surface area contributed by atoms with Crippen LogP contribution in [0, 0.1) is 5.41 Å². The van der Waals surface area contributed by atoms with Gasteiger partial charge in [0.15, 0.2) is 0 Å². The summed E-state index contributed by atoms with van der Waals surface area (Å²) >= 11 is 1.79. The maximum atomic E-state index is 9.74. The Labute approximate surface area is 111 Å². The van der Waals surface area contributed by atoms with Gasteiger partial charge in [-0.1, -0.05) is 18.2 Å². The van der Waals surface area contributed by atoms with Crippen molar-refractivity contribution in [1.82, 2.24) is 0 Å². The van der Waals surface area contributed by atoms with E-state index in [1.54, 1.807) is 11.3 Å². The fourth-order valence-electron chi connectivity index (χ4n) is 2.80. The molecule has 2 aromatic rings. The quantitative estimate of drug-likeness (QED) is 0.920. The molecular weight excluding hydrogens is 244 g/mol. The Morgan fingerprint density at radius 2 is 2.22 bits per heavy atom. The van der Waals surface area contributed by atoms with Gasteiger partial charge in [0.2, 0.25) is 0 Å². The van der Waals surface area contributed by atoms with Gasteiger partial charge in [-0.2, -0.15) is 0 Å². The molecule has 1 fully saturated rings. The number of hydrogen-bond donors (Lipinski definition) is 1. The van der Waals surface area contributed by atoms with Crippen LogP contribution in [0.2, 0.25) is 0 Å². The van der Waals surface area contributed by atoms with Gasteiger partial charge >= 0.3 is 0 Å². The van der Waals surface area contributed by atoms with Crippen molar-refractivity contribution in [2.45, 2.75) is 19.3 Å². The van der Waals surface area contributed by atoms with Gasteiger partial charge in [0.1, 0.15) is 0 Å². The first-order chi connectivity index (χ1) is 8.83. The Bertz CT molecular complexity index is 526. The Morgan fingerprint density at radius 1 is 1.33 bits per heavy atom. The normalized spacial score (nSPS) is 24.5. The van der Waals surface area contributed by atoms with Crippen LogP contribution in [-0.2, 0) is 11.2 Å². The van der Waals surface area contributed by atoms with E-state index in [9.17, 15) is 5.11 Å². The largest absolute Gasteiger partial charge is 0.396 e.